The van der Waals surface area contributed by atoms with Crippen LogP contribution in [0.3, 0.4) is 0 Å². The summed E-state index contributed by atoms with van der Waals surface area (Å²) in [5, 5.41) is 19.4. The topological polar surface area (TPSA) is 178 Å². The fourth-order valence-electron chi connectivity index (χ4n) is 5.63. The number of amides is 1. The Bertz CT molecular complexity index is 1910. The largest absolute Gasteiger partial charge is 0.494 e. The van der Waals surface area contributed by atoms with Crippen LogP contribution in [0.25, 0.3) is 20.9 Å². The molecule has 0 spiro atoms. The minimum Gasteiger partial charge on any atom is -0.494 e. The Labute approximate surface area is 280 Å². The highest BCUT2D eigenvalue weighted by Crippen LogP contribution is 2.44. The highest BCUT2D eigenvalue weighted by atomic mass is 19.1. The molecule has 0 fully saturated rings. The number of azide groups is 2. The Kier molecular flexibility index (Phi) is 11.4. The van der Waals surface area contributed by atoms with Crippen LogP contribution in [-0.4, -0.2) is 35.7 Å². The van der Waals surface area contributed by atoms with Crippen LogP contribution in [0.15, 0.2) is 106 Å². The van der Waals surface area contributed by atoms with Gasteiger partial charge in [0.2, 0.25) is 5.90 Å². The lowest BCUT2D eigenvalue weighted by Gasteiger charge is -2.32. The Morgan fingerprint density at radius 2 is 1.55 bits per heavy atom. The highest BCUT2D eigenvalue weighted by Gasteiger charge is 2.54. The van der Waals surface area contributed by atoms with Crippen molar-refractivity contribution in [3.8, 4) is 5.75 Å². The number of nitrogens with zero attached hydrogens (tertiary/aromatic N) is 7. The molecular formula is C35H32F2N8O4. The first kappa shape index (κ1) is 34.4. The summed E-state index contributed by atoms with van der Waals surface area (Å²) in [6.45, 7) is 0.0871. The highest BCUT2D eigenvalue weighted by molar-refractivity contribution is 6.01. The zero-order valence-electron chi connectivity index (χ0n) is 26.2. The number of aliphatic hydroxyl groups is 1. The van der Waals surface area contributed by atoms with Crippen molar-refractivity contribution in [1.82, 2.24) is 5.32 Å². The fourth-order valence-corrected chi connectivity index (χ4v) is 5.63. The Balaban J connectivity index is 1.65. The number of carbonyl (C=O) groups excluding carboxylic acids is 1. The van der Waals surface area contributed by atoms with Gasteiger partial charge in [-0.3, -0.25) is 4.79 Å². The molecule has 49 heavy (non-hydrogen) atoms. The first-order valence-corrected chi connectivity index (χ1v) is 15.4. The third-order valence-electron chi connectivity index (χ3n) is 7.93. The molecule has 0 saturated carbocycles. The van der Waals surface area contributed by atoms with Crippen molar-refractivity contribution in [2.75, 3.05) is 13.2 Å². The summed E-state index contributed by atoms with van der Waals surface area (Å²) in [5.74, 6) is -1.47. The van der Waals surface area contributed by atoms with Gasteiger partial charge in [0, 0.05) is 47.4 Å². The predicted molar refractivity (Wildman–Crippen MR) is 177 cm³/mol. The molecule has 5 rings (SSSR count). The Morgan fingerprint density at radius 1 is 0.918 bits per heavy atom. The van der Waals surface area contributed by atoms with Crippen molar-refractivity contribution in [1.29, 1.82) is 0 Å². The average Bonchev–Trinajstić information content (AvgIpc) is 3.49. The normalized spacial score (nSPS) is 16.5. The van der Waals surface area contributed by atoms with Gasteiger partial charge in [0.25, 0.3) is 5.91 Å². The maximum absolute atomic E-state index is 14.6. The molecule has 1 heterocycles. The van der Waals surface area contributed by atoms with E-state index in [0.29, 0.717) is 46.6 Å². The van der Waals surface area contributed by atoms with E-state index in [9.17, 15) is 13.6 Å². The van der Waals surface area contributed by atoms with Gasteiger partial charge in [0.1, 0.15) is 17.4 Å². The van der Waals surface area contributed by atoms with Crippen LogP contribution < -0.4 is 10.1 Å². The molecule has 0 radical (unpaired) electrons. The van der Waals surface area contributed by atoms with Gasteiger partial charge in [-0.2, -0.15) is 0 Å². The van der Waals surface area contributed by atoms with E-state index in [0.717, 1.165) is 18.2 Å². The van der Waals surface area contributed by atoms with Crippen LogP contribution in [0.5, 0.6) is 5.75 Å². The third kappa shape index (κ3) is 8.32. The summed E-state index contributed by atoms with van der Waals surface area (Å²) in [6.07, 6.45) is -0.625. The van der Waals surface area contributed by atoms with Gasteiger partial charge in [-0.15, -0.1) is 0 Å². The lowest BCUT2D eigenvalue weighted by molar-refractivity contribution is -0.129. The molecule has 1 amide bonds. The van der Waals surface area contributed by atoms with Crippen molar-refractivity contribution in [2.45, 2.75) is 44.1 Å². The van der Waals surface area contributed by atoms with Crippen molar-refractivity contribution in [3.05, 3.63) is 157 Å². The number of benzene rings is 4. The number of rotatable bonds is 15. The number of hydrogen-bond donors (Lipinski definition) is 2. The van der Waals surface area contributed by atoms with Gasteiger partial charge < -0.3 is 19.9 Å². The first-order chi connectivity index (χ1) is 23.9. The fraction of sp³-hybridized carbons (Fsp3) is 0.257. The lowest BCUT2D eigenvalue weighted by Crippen LogP contribution is -2.50. The molecule has 1 aliphatic heterocycles. The number of hydrogen-bond acceptors (Lipinski definition) is 7. The van der Waals surface area contributed by atoms with E-state index in [4.69, 9.17) is 30.6 Å². The molecule has 1 aliphatic rings. The van der Waals surface area contributed by atoms with E-state index in [1.165, 1.54) is 0 Å². The number of ether oxygens (including phenoxy) is 2. The minimum absolute atomic E-state index is 0.00440. The van der Waals surface area contributed by atoms with Crippen LogP contribution in [0.1, 0.15) is 45.9 Å². The lowest BCUT2D eigenvalue weighted by atomic mass is 9.79. The molecule has 0 bridgehead atoms. The molecule has 12 nitrogen and oxygen atoms in total. The molecule has 2 N–H and O–H groups in total. The van der Waals surface area contributed by atoms with E-state index in [-0.39, 0.29) is 44.1 Å². The molecule has 0 aliphatic carbocycles. The first-order valence-electron chi connectivity index (χ1n) is 15.4. The van der Waals surface area contributed by atoms with Gasteiger partial charge in [-0.05, 0) is 75.3 Å². The molecule has 14 heteroatoms. The number of halogens is 2. The number of aliphatic imine (C=N–C) groups is 1. The minimum atomic E-state index is -1.71. The Hall–Kier alpha value is -5.94. The zero-order valence-corrected chi connectivity index (χ0v) is 26.2. The molecule has 0 unspecified atom stereocenters. The SMILES string of the molecule is [N-]=[N+]=NCc1ccccc1C[C@@]1(C(=O)NCc2cc(F)cc(F)c2)N=C(c2ccc(OCCCO)cc2)O[C@@H]1c1ccccc1CN=[N+]=[N-]. The van der Waals surface area contributed by atoms with E-state index in [2.05, 4.69) is 25.4 Å². The second kappa shape index (κ2) is 16.2. The number of aliphatic hydroxyl groups excluding tert-OH is 1. The summed E-state index contributed by atoms with van der Waals surface area (Å²) in [5.41, 5.74) is 19.6. The van der Waals surface area contributed by atoms with Gasteiger partial charge in [0.15, 0.2) is 11.6 Å². The molecule has 2 atom stereocenters. The standard InChI is InChI=1S/C35H32F2N8O4/c36-28-16-23(17-29(37)18-28)20-40-34(47)35(19-25-6-1-2-7-26(25)21-41-44-38)32(31-9-4-3-8-27(31)22-42-45-39)49-33(43-35)24-10-12-30(13-11-24)48-15-5-14-46/h1-4,6-13,16-18,32,46H,5,14-15,19-22H2,(H,40,47)/t32-,35-/m1/s1. The van der Waals surface area contributed by atoms with Gasteiger partial charge in [-0.1, -0.05) is 58.8 Å². The summed E-state index contributed by atoms with van der Waals surface area (Å²) in [4.78, 5) is 25.4. The van der Waals surface area contributed by atoms with Crippen molar-refractivity contribution >= 4 is 11.8 Å². The van der Waals surface area contributed by atoms with E-state index >= 15 is 0 Å². The smallest absolute Gasteiger partial charge is 0.252 e. The second-order valence-corrected chi connectivity index (χ2v) is 11.2. The summed E-state index contributed by atoms with van der Waals surface area (Å²) >= 11 is 0. The molecule has 0 saturated heterocycles. The maximum atomic E-state index is 14.6. The molecule has 0 aromatic heterocycles. The summed E-state index contributed by atoms with van der Waals surface area (Å²) in [7, 11) is 0. The second-order valence-electron chi connectivity index (χ2n) is 11.2. The average molecular weight is 667 g/mol. The number of nitrogens with one attached hydrogen (secondary N) is 1. The molecule has 4 aromatic rings. The van der Waals surface area contributed by atoms with Gasteiger partial charge >= 0.3 is 0 Å². The van der Waals surface area contributed by atoms with Crippen molar-refractivity contribution in [2.24, 2.45) is 15.2 Å². The Morgan fingerprint density at radius 3 is 2.22 bits per heavy atom. The zero-order chi connectivity index (χ0) is 34.6. The molecule has 250 valence electrons. The summed E-state index contributed by atoms with van der Waals surface area (Å²) in [6, 6.07) is 24.1. The van der Waals surface area contributed by atoms with Crippen LogP contribution >= 0.6 is 0 Å². The monoisotopic (exact) mass is 666 g/mol. The van der Waals surface area contributed by atoms with Gasteiger partial charge in [-0.25, -0.2) is 13.8 Å². The van der Waals surface area contributed by atoms with Crippen molar-refractivity contribution < 1.29 is 28.2 Å². The van der Waals surface area contributed by atoms with Crippen LogP contribution in [0.2, 0.25) is 0 Å². The summed E-state index contributed by atoms with van der Waals surface area (Å²) < 4.78 is 40.4. The van der Waals surface area contributed by atoms with Crippen LogP contribution in [0.4, 0.5) is 8.78 Å². The molecule has 4 aromatic carbocycles. The van der Waals surface area contributed by atoms with Crippen molar-refractivity contribution in [3.63, 3.8) is 0 Å². The quantitative estimate of drug-likeness (QED) is 0.0592. The van der Waals surface area contributed by atoms with Crippen LogP contribution in [0, 0.1) is 11.6 Å². The third-order valence-corrected chi connectivity index (χ3v) is 7.93. The van der Waals surface area contributed by atoms with Crippen LogP contribution in [-0.2, 0) is 35.6 Å². The van der Waals surface area contributed by atoms with E-state index in [1.807, 2.05) is 0 Å². The maximum Gasteiger partial charge on any atom is 0.252 e. The van der Waals surface area contributed by atoms with Gasteiger partial charge in [0.05, 0.1) is 19.7 Å². The van der Waals surface area contributed by atoms with E-state index < -0.39 is 29.2 Å². The molecular weight excluding hydrogens is 634 g/mol. The predicted octanol–water partition coefficient (Wildman–Crippen LogP) is 7.16. The van der Waals surface area contributed by atoms with E-state index in [1.54, 1.807) is 72.8 Å². The number of carbonyl (C=O) groups is 1.